The van der Waals surface area contributed by atoms with Crippen LogP contribution in [0.25, 0.3) is 0 Å². The normalized spacial score (nSPS) is 25.7. The Morgan fingerprint density at radius 3 is 2.72 bits per heavy atom. The molecule has 0 aliphatic carbocycles. The fraction of sp³-hybridized carbons (Fsp3) is 0.692. The van der Waals surface area contributed by atoms with Crippen LogP contribution in [0.3, 0.4) is 0 Å². The molecular weight excluding hydrogens is 232 g/mol. The summed E-state index contributed by atoms with van der Waals surface area (Å²) in [4.78, 5) is 24.2. The van der Waals surface area contributed by atoms with E-state index in [1.54, 1.807) is 0 Å². The van der Waals surface area contributed by atoms with E-state index < -0.39 is 12.0 Å². The number of likely N-dealkylation sites (tertiary alicyclic amines) is 1. The van der Waals surface area contributed by atoms with Gasteiger partial charge in [0.2, 0.25) is 5.91 Å². The van der Waals surface area contributed by atoms with E-state index in [0.29, 0.717) is 19.5 Å². The van der Waals surface area contributed by atoms with Gasteiger partial charge in [0.15, 0.2) is 0 Å². The zero-order valence-electron chi connectivity index (χ0n) is 11.1. The van der Waals surface area contributed by atoms with Crippen molar-refractivity contribution in [3.8, 4) is 0 Å². The third-order valence-corrected chi connectivity index (χ3v) is 3.41. The number of carboxylic acid groups (broad SMARTS) is 1. The highest BCUT2D eigenvalue weighted by atomic mass is 16.4. The largest absolute Gasteiger partial charge is 0.480 e. The van der Waals surface area contributed by atoms with E-state index in [1.165, 1.54) is 6.92 Å². The molecule has 0 spiro atoms. The Labute approximate surface area is 108 Å². The smallest absolute Gasteiger partial charge is 0.320 e. The predicted molar refractivity (Wildman–Crippen MR) is 69.2 cm³/mol. The number of nitrogens with one attached hydrogen (secondary N) is 1. The van der Waals surface area contributed by atoms with Gasteiger partial charge in [-0.05, 0) is 18.8 Å². The van der Waals surface area contributed by atoms with E-state index >= 15 is 0 Å². The average molecular weight is 254 g/mol. The van der Waals surface area contributed by atoms with Gasteiger partial charge in [-0.3, -0.25) is 14.5 Å². The van der Waals surface area contributed by atoms with Crippen molar-refractivity contribution in [2.75, 3.05) is 13.1 Å². The van der Waals surface area contributed by atoms with Gasteiger partial charge in [-0.15, -0.1) is 6.58 Å². The molecule has 1 rings (SSSR count). The third-order valence-electron chi connectivity index (χ3n) is 3.41. The monoisotopic (exact) mass is 254 g/mol. The van der Waals surface area contributed by atoms with Crippen LogP contribution in [0.4, 0.5) is 0 Å². The average Bonchev–Trinajstić information content (AvgIpc) is 2.70. The highest BCUT2D eigenvalue weighted by Crippen LogP contribution is 2.24. The number of carboxylic acids is 1. The van der Waals surface area contributed by atoms with Gasteiger partial charge in [0, 0.05) is 26.1 Å². The maximum Gasteiger partial charge on any atom is 0.320 e. The quantitative estimate of drug-likeness (QED) is 0.690. The van der Waals surface area contributed by atoms with E-state index in [4.69, 9.17) is 0 Å². The molecule has 1 saturated heterocycles. The van der Waals surface area contributed by atoms with Crippen molar-refractivity contribution in [1.82, 2.24) is 10.2 Å². The van der Waals surface area contributed by atoms with Gasteiger partial charge in [-0.2, -0.15) is 0 Å². The van der Waals surface area contributed by atoms with Gasteiger partial charge >= 0.3 is 5.97 Å². The molecule has 1 amide bonds. The Bertz CT molecular complexity index is 330. The summed E-state index contributed by atoms with van der Waals surface area (Å²) in [6.07, 6.45) is 3.21. The number of nitrogens with zero attached hydrogens (tertiary/aromatic N) is 1. The highest BCUT2D eigenvalue weighted by Gasteiger charge is 2.36. The van der Waals surface area contributed by atoms with E-state index in [9.17, 15) is 14.7 Å². The zero-order chi connectivity index (χ0) is 13.7. The van der Waals surface area contributed by atoms with Crippen LogP contribution in [-0.2, 0) is 9.59 Å². The van der Waals surface area contributed by atoms with Gasteiger partial charge in [0.25, 0.3) is 0 Å². The molecule has 5 nitrogen and oxygen atoms in total. The first-order valence-corrected chi connectivity index (χ1v) is 6.34. The summed E-state index contributed by atoms with van der Waals surface area (Å²) in [6.45, 7) is 8.48. The summed E-state index contributed by atoms with van der Waals surface area (Å²) >= 11 is 0. The van der Waals surface area contributed by atoms with E-state index in [0.717, 1.165) is 6.42 Å². The molecule has 0 radical (unpaired) electrons. The van der Waals surface area contributed by atoms with Gasteiger partial charge in [-0.1, -0.05) is 13.0 Å². The molecule has 5 heteroatoms. The van der Waals surface area contributed by atoms with Crippen LogP contribution in [0.1, 0.15) is 26.7 Å². The summed E-state index contributed by atoms with van der Waals surface area (Å²) in [6, 6.07) is -0.455. The molecule has 1 aliphatic rings. The van der Waals surface area contributed by atoms with Crippen molar-refractivity contribution in [2.24, 2.45) is 5.92 Å². The Morgan fingerprint density at radius 2 is 2.28 bits per heavy atom. The molecule has 1 heterocycles. The minimum absolute atomic E-state index is 0.00733. The number of aliphatic carboxylic acids is 1. The lowest BCUT2D eigenvalue weighted by molar-refractivity contribution is -0.142. The number of rotatable bonds is 6. The number of amides is 1. The molecule has 1 aliphatic heterocycles. The van der Waals surface area contributed by atoms with Crippen LogP contribution in [0.2, 0.25) is 0 Å². The number of hydrogen-bond donors (Lipinski definition) is 2. The van der Waals surface area contributed by atoms with E-state index in [-0.39, 0.29) is 17.9 Å². The Balaban J connectivity index is 2.64. The summed E-state index contributed by atoms with van der Waals surface area (Å²) in [5.41, 5.74) is 0. The fourth-order valence-corrected chi connectivity index (χ4v) is 2.42. The van der Waals surface area contributed by atoms with Gasteiger partial charge in [0.05, 0.1) is 0 Å². The topological polar surface area (TPSA) is 69.6 Å². The Hall–Kier alpha value is -1.36. The molecule has 2 N–H and O–H groups in total. The number of carbonyl (C=O) groups is 2. The zero-order valence-corrected chi connectivity index (χ0v) is 11.1. The lowest BCUT2D eigenvalue weighted by atomic mass is 10.1. The second-order valence-electron chi connectivity index (χ2n) is 4.85. The predicted octanol–water partition coefficient (Wildman–Crippen LogP) is 0.862. The summed E-state index contributed by atoms with van der Waals surface area (Å²) < 4.78 is 0. The van der Waals surface area contributed by atoms with Crippen molar-refractivity contribution in [2.45, 2.75) is 38.8 Å². The van der Waals surface area contributed by atoms with Crippen molar-refractivity contribution < 1.29 is 14.7 Å². The fourth-order valence-electron chi connectivity index (χ4n) is 2.42. The van der Waals surface area contributed by atoms with Gasteiger partial charge < -0.3 is 10.4 Å². The molecule has 1 unspecified atom stereocenters. The lowest BCUT2D eigenvalue weighted by Gasteiger charge is -2.26. The minimum atomic E-state index is -0.794. The standard InChI is InChI=1S/C13H22N2O3/c1-4-10-6-12(13(17)18)15(7-10)8-11(5-2)14-9(3)16/h4,10-12H,1,5-8H2,2-3H3,(H,14,16)(H,17,18)/t10-,11?,12-/m1/s1. The Morgan fingerprint density at radius 1 is 1.61 bits per heavy atom. The molecule has 1 fully saturated rings. The first-order chi connectivity index (χ1) is 8.47. The molecule has 0 bridgehead atoms. The molecule has 0 aromatic rings. The van der Waals surface area contributed by atoms with Gasteiger partial charge in [-0.25, -0.2) is 0 Å². The number of hydrogen-bond acceptors (Lipinski definition) is 3. The molecule has 3 atom stereocenters. The van der Waals surface area contributed by atoms with Crippen LogP contribution in [0.15, 0.2) is 12.7 Å². The second kappa shape index (κ2) is 6.54. The van der Waals surface area contributed by atoms with Crippen LogP contribution >= 0.6 is 0 Å². The maximum absolute atomic E-state index is 11.2. The van der Waals surface area contributed by atoms with E-state index in [2.05, 4.69) is 11.9 Å². The summed E-state index contributed by atoms with van der Waals surface area (Å²) in [7, 11) is 0. The van der Waals surface area contributed by atoms with Crippen molar-refractivity contribution in [1.29, 1.82) is 0 Å². The van der Waals surface area contributed by atoms with Crippen LogP contribution in [-0.4, -0.2) is 47.1 Å². The third kappa shape index (κ3) is 3.84. The molecule has 0 saturated carbocycles. The van der Waals surface area contributed by atoms with Crippen molar-refractivity contribution >= 4 is 11.9 Å². The molecular formula is C13H22N2O3. The Kier molecular flexibility index (Phi) is 5.34. The van der Waals surface area contributed by atoms with Gasteiger partial charge in [0.1, 0.15) is 6.04 Å². The van der Waals surface area contributed by atoms with Crippen LogP contribution < -0.4 is 5.32 Å². The van der Waals surface area contributed by atoms with Crippen molar-refractivity contribution in [3.05, 3.63) is 12.7 Å². The summed E-state index contributed by atoms with van der Waals surface area (Å²) in [5.74, 6) is -0.647. The van der Waals surface area contributed by atoms with Crippen LogP contribution in [0, 0.1) is 5.92 Å². The lowest BCUT2D eigenvalue weighted by Crippen LogP contribution is -2.46. The minimum Gasteiger partial charge on any atom is -0.480 e. The maximum atomic E-state index is 11.2. The first-order valence-electron chi connectivity index (χ1n) is 6.34. The van der Waals surface area contributed by atoms with Crippen molar-refractivity contribution in [3.63, 3.8) is 0 Å². The highest BCUT2D eigenvalue weighted by molar-refractivity contribution is 5.74. The SMILES string of the molecule is C=C[C@@H]1C[C@H](C(=O)O)N(CC(CC)NC(C)=O)C1. The molecule has 0 aromatic carbocycles. The summed E-state index contributed by atoms with van der Waals surface area (Å²) in [5, 5.41) is 12.1. The molecule has 102 valence electrons. The molecule has 18 heavy (non-hydrogen) atoms. The van der Waals surface area contributed by atoms with Crippen LogP contribution in [0.5, 0.6) is 0 Å². The van der Waals surface area contributed by atoms with E-state index in [1.807, 2.05) is 17.9 Å². The molecule has 0 aromatic heterocycles. The number of carbonyl (C=O) groups excluding carboxylic acids is 1. The second-order valence-corrected chi connectivity index (χ2v) is 4.85. The first kappa shape index (κ1) is 14.7.